The van der Waals surface area contributed by atoms with Crippen LogP contribution in [-0.2, 0) is 0 Å². The Morgan fingerprint density at radius 2 is 1.78 bits per heavy atom. The molecule has 1 saturated carbocycles. The molecule has 3 aromatic rings. The van der Waals surface area contributed by atoms with Crippen LogP contribution >= 0.6 is 0 Å². The van der Waals surface area contributed by atoms with E-state index in [4.69, 9.17) is 0 Å². The van der Waals surface area contributed by atoms with Gasteiger partial charge in [0.15, 0.2) is 0 Å². The first-order chi connectivity index (χ1) is 11.4. The van der Waals surface area contributed by atoms with E-state index in [2.05, 4.69) is 32.4 Å². The Morgan fingerprint density at radius 1 is 0.870 bits per heavy atom. The van der Waals surface area contributed by atoms with E-state index < -0.39 is 0 Å². The lowest BCUT2D eigenvalue weighted by molar-refractivity contribution is 0.462. The van der Waals surface area contributed by atoms with Gasteiger partial charge in [-0.25, -0.2) is 4.98 Å². The standard InChI is InChI=1S/C19H20N4/c1-2-4-17(5-3-1)23-19-11-14(7-9-21-19)18-10-16-12-20-8-6-15(16)13-22-18/h6-13,17H,1-5H2,(H,21,23). The highest BCUT2D eigenvalue weighted by atomic mass is 15.0. The van der Waals surface area contributed by atoms with Crippen molar-refractivity contribution in [2.75, 3.05) is 5.32 Å². The number of fused-ring (bicyclic) bond motifs is 1. The molecule has 4 rings (SSSR count). The SMILES string of the molecule is c1cc2cnc(-c3ccnc(NC4CCCCC4)c3)cc2cn1. The smallest absolute Gasteiger partial charge is 0.126 e. The van der Waals surface area contributed by atoms with Gasteiger partial charge in [-0.15, -0.1) is 0 Å². The minimum Gasteiger partial charge on any atom is -0.367 e. The number of nitrogens with one attached hydrogen (secondary N) is 1. The predicted molar refractivity (Wildman–Crippen MR) is 93.3 cm³/mol. The Kier molecular flexibility index (Phi) is 3.88. The van der Waals surface area contributed by atoms with Gasteiger partial charge in [-0.2, -0.15) is 0 Å². The van der Waals surface area contributed by atoms with Gasteiger partial charge in [0.2, 0.25) is 0 Å². The molecule has 3 heterocycles. The van der Waals surface area contributed by atoms with Crippen LogP contribution in [0.25, 0.3) is 22.0 Å². The van der Waals surface area contributed by atoms with Crippen molar-refractivity contribution in [1.29, 1.82) is 0 Å². The lowest BCUT2D eigenvalue weighted by Crippen LogP contribution is -2.22. The molecule has 0 aliphatic heterocycles. The average molecular weight is 304 g/mol. The maximum Gasteiger partial charge on any atom is 0.126 e. The number of anilines is 1. The average Bonchev–Trinajstić information content (AvgIpc) is 2.62. The first-order valence-electron chi connectivity index (χ1n) is 8.31. The van der Waals surface area contributed by atoms with E-state index in [1.807, 2.05) is 30.7 Å². The molecule has 0 aromatic carbocycles. The molecule has 0 bridgehead atoms. The van der Waals surface area contributed by atoms with Crippen LogP contribution in [0.1, 0.15) is 32.1 Å². The fourth-order valence-corrected chi connectivity index (χ4v) is 3.26. The number of hydrogen-bond donors (Lipinski definition) is 1. The van der Waals surface area contributed by atoms with Crippen LogP contribution in [0.15, 0.2) is 49.1 Å². The molecule has 0 atom stereocenters. The first-order valence-corrected chi connectivity index (χ1v) is 8.31. The maximum absolute atomic E-state index is 4.58. The van der Waals surface area contributed by atoms with Crippen molar-refractivity contribution in [1.82, 2.24) is 15.0 Å². The molecule has 0 amide bonds. The van der Waals surface area contributed by atoms with Gasteiger partial charge in [-0.1, -0.05) is 19.3 Å². The zero-order valence-electron chi connectivity index (χ0n) is 13.1. The molecule has 4 heteroatoms. The van der Waals surface area contributed by atoms with Crippen LogP contribution < -0.4 is 5.32 Å². The zero-order valence-corrected chi connectivity index (χ0v) is 13.1. The third-order valence-electron chi connectivity index (χ3n) is 4.53. The van der Waals surface area contributed by atoms with Gasteiger partial charge in [-0.3, -0.25) is 9.97 Å². The Labute approximate surface area is 136 Å². The second-order valence-electron chi connectivity index (χ2n) is 6.20. The molecular weight excluding hydrogens is 284 g/mol. The van der Waals surface area contributed by atoms with E-state index in [-0.39, 0.29) is 0 Å². The molecule has 1 aliphatic rings. The van der Waals surface area contributed by atoms with Gasteiger partial charge >= 0.3 is 0 Å². The Balaban J connectivity index is 1.61. The van der Waals surface area contributed by atoms with Gasteiger partial charge in [0.25, 0.3) is 0 Å². The summed E-state index contributed by atoms with van der Waals surface area (Å²) >= 11 is 0. The minimum absolute atomic E-state index is 0.556. The summed E-state index contributed by atoms with van der Waals surface area (Å²) in [5, 5.41) is 5.79. The summed E-state index contributed by atoms with van der Waals surface area (Å²) in [5.41, 5.74) is 2.05. The fraction of sp³-hybridized carbons (Fsp3) is 0.316. The van der Waals surface area contributed by atoms with Gasteiger partial charge in [0.05, 0.1) is 5.69 Å². The molecule has 1 fully saturated rings. The van der Waals surface area contributed by atoms with Crippen LogP contribution in [0.5, 0.6) is 0 Å². The number of hydrogen-bond acceptors (Lipinski definition) is 4. The van der Waals surface area contributed by atoms with Crippen molar-refractivity contribution in [3.8, 4) is 11.3 Å². The largest absolute Gasteiger partial charge is 0.367 e. The molecule has 4 nitrogen and oxygen atoms in total. The van der Waals surface area contributed by atoms with Gasteiger partial charge < -0.3 is 5.32 Å². The number of rotatable bonds is 3. The van der Waals surface area contributed by atoms with Crippen molar-refractivity contribution in [3.05, 3.63) is 49.1 Å². The van der Waals surface area contributed by atoms with Crippen molar-refractivity contribution in [2.45, 2.75) is 38.1 Å². The lowest BCUT2D eigenvalue weighted by Gasteiger charge is -2.23. The first kappa shape index (κ1) is 14.1. The number of aromatic nitrogens is 3. The van der Waals surface area contributed by atoms with Crippen LogP contribution in [0.2, 0.25) is 0 Å². The molecule has 116 valence electrons. The molecule has 0 unspecified atom stereocenters. The van der Waals surface area contributed by atoms with Crippen LogP contribution in [-0.4, -0.2) is 21.0 Å². The van der Waals surface area contributed by atoms with E-state index in [1.54, 1.807) is 6.20 Å². The summed E-state index contributed by atoms with van der Waals surface area (Å²) < 4.78 is 0. The van der Waals surface area contributed by atoms with E-state index in [9.17, 15) is 0 Å². The summed E-state index contributed by atoms with van der Waals surface area (Å²) in [7, 11) is 0. The molecule has 3 aromatic heterocycles. The summed E-state index contributed by atoms with van der Waals surface area (Å²) in [6.45, 7) is 0. The van der Waals surface area contributed by atoms with E-state index in [0.717, 1.165) is 27.8 Å². The fourth-order valence-electron chi connectivity index (χ4n) is 3.26. The van der Waals surface area contributed by atoms with Crippen LogP contribution in [0.4, 0.5) is 5.82 Å². The van der Waals surface area contributed by atoms with E-state index in [1.165, 1.54) is 32.1 Å². The topological polar surface area (TPSA) is 50.7 Å². The number of pyridine rings is 3. The monoisotopic (exact) mass is 304 g/mol. The van der Waals surface area contributed by atoms with Crippen molar-refractivity contribution in [3.63, 3.8) is 0 Å². The molecule has 0 saturated heterocycles. The summed E-state index contributed by atoms with van der Waals surface area (Å²) in [4.78, 5) is 13.2. The van der Waals surface area contributed by atoms with Crippen molar-refractivity contribution >= 4 is 16.6 Å². The second-order valence-corrected chi connectivity index (χ2v) is 6.20. The predicted octanol–water partition coefficient (Wildman–Crippen LogP) is 4.44. The van der Waals surface area contributed by atoms with Crippen LogP contribution in [0, 0.1) is 0 Å². The van der Waals surface area contributed by atoms with Crippen LogP contribution in [0.3, 0.4) is 0 Å². The minimum atomic E-state index is 0.556. The zero-order chi connectivity index (χ0) is 15.5. The summed E-state index contributed by atoms with van der Waals surface area (Å²) in [6, 6.07) is 8.73. The molecule has 0 spiro atoms. The highest BCUT2D eigenvalue weighted by molar-refractivity contribution is 5.84. The molecule has 23 heavy (non-hydrogen) atoms. The highest BCUT2D eigenvalue weighted by Gasteiger charge is 2.13. The summed E-state index contributed by atoms with van der Waals surface area (Å²) in [6.07, 6.45) is 13.9. The molecule has 1 aliphatic carbocycles. The van der Waals surface area contributed by atoms with E-state index >= 15 is 0 Å². The third kappa shape index (κ3) is 3.16. The van der Waals surface area contributed by atoms with E-state index in [0.29, 0.717) is 6.04 Å². The normalized spacial score (nSPS) is 15.7. The van der Waals surface area contributed by atoms with Gasteiger partial charge in [-0.05, 0) is 37.1 Å². The van der Waals surface area contributed by atoms with Crippen molar-refractivity contribution in [2.24, 2.45) is 0 Å². The number of nitrogens with zero attached hydrogens (tertiary/aromatic N) is 3. The Bertz CT molecular complexity index is 809. The summed E-state index contributed by atoms with van der Waals surface area (Å²) in [5.74, 6) is 0.947. The Hall–Kier alpha value is -2.49. The lowest BCUT2D eigenvalue weighted by atomic mass is 9.95. The van der Waals surface area contributed by atoms with Gasteiger partial charge in [0.1, 0.15) is 5.82 Å². The second kappa shape index (κ2) is 6.32. The quantitative estimate of drug-likeness (QED) is 0.777. The Morgan fingerprint density at radius 3 is 2.70 bits per heavy atom. The van der Waals surface area contributed by atoms with Crippen molar-refractivity contribution < 1.29 is 0 Å². The highest BCUT2D eigenvalue weighted by Crippen LogP contribution is 2.25. The molecule has 1 N–H and O–H groups in total. The maximum atomic E-state index is 4.58. The van der Waals surface area contributed by atoms with Gasteiger partial charge in [0, 0.05) is 47.2 Å². The third-order valence-corrected chi connectivity index (χ3v) is 4.53. The molecule has 0 radical (unpaired) electrons. The molecular formula is C19H20N4.